The molecule has 2 aromatic rings. The molecule has 3 heteroatoms. The van der Waals surface area contributed by atoms with Crippen LogP contribution in [0.5, 0.6) is 0 Å². The number of halogens is 1. The fourth-order valence-corrected chi connectivity index (χ4v) is 2.82. The zero-order chi connectivity index (χ0) is 12.6. The lowest BCUT2D eigenvalue weighted by Gasteiger charge is -2.08. The zero-order valence-electron chi connectivity index (χ0n) is 10.0. The van der Waals surface area contributed by atoms with E-state index in [-0.39, 0.29) is 11.6 Å². The quantitative estimate of drug-likeness (QED) is 0.733. The fourth-order valence-electron chi connectivity index (χ4n) is 2.00. The molecule has 0 saturated heterocycles. The van der Waals surface area contributed by atoms with Gasteiger partial charge in [0.25, 0.3) is 0 Å². The van der Waals surface area contributed by atoms with Crippen LogP contribution in [0, 0.1) is 26.6 Å². The van der Waals surface area contributed by atoms with Crippen molar-refractivity contribution in [1.82, 2.24) is 0 Å². The highest BCUT2D eigenvalue weighted by Crippen LogP contribution is 2.23. The molecule has 0 amide bonds. The molecule has 0 saturated carbocycles. The molecule has 0 spiro atoms. The zero-order valence-corrected chi connectivity index (χ0v) is 10.8. The van der Waals surface area contributed by atoms with Gasteiger partial charge in [0.2, 0.25) is 0 Å². The first-order valence-corrected chi connectivity index (χ1v) is 6.29. The van der Waals surface area contributed by atoms with Gasteiger partial charge in [-0.25, -0.2) is 4.39 Å². The first kappa shape index (κ1) is 12.0. The number of carbonyl (C=O) groups is 1. The average Bonchev–Trinajstić information content (AvgIpc) is 2.62. The molecule has 1 nitrogen and oxygen atoms in total. The highest BCUT2D eigenvalue weighted by atomic mass is 32.1. The van der Waals surface area contributed by atoms with Gasteiger partial charge >= 0.3 is 0 Å². The Balaban J connectivity index is 2.56. The largest absolute Gasteiger partial charge is 0.289 e. The Morgan fingerprint density at radius 1 is 1.06 bits per heavy atom. The van der Waals surface area contributed by atoms with Crippen LogP contribution in [0.2, 0.25) is 0 Å². The van der Waals surface area contributed by atoms with Crippen molar-refractivity contribution in [2.75, 3.05) is 0 Å². The molecule has 17 heavy (non-hydrogen) atoms. The summed E-state index contributed by atoms with van der Waals surface area (Å²) in [7, 11) is 0. The van der Waals surface area contributed by atoms with Crippen LogP contribution in [0.3, 0.4) is 0 Å². The van der Waals surface area contributed by atoms with E-state index in [4.69, 9.17) is 0 Å². The molecule has 0 fully saturated rings. The van der Waals surface area contributed by atoms with Gasteiger partial charge in [0.1, 0.15) is 5.82 Å². The number of hydrogen-bond donors (Lipinski definition) is 0. The van der Waals surface area contributed by atoms with Crippen molar-refractivity contribution in [3.05, 3.63) is 56.5 Å². The smallest absolute Gasteiger partial charge is 0.194 e. The molecule has 0 bridgehead atoms. The van der Waals surface area contributed by atoms with Crippen LogP contribution in [-0.2, 0) is 0 Å². The van der Waals surface area contributed by atoms with Crippen LogP contribution < -0.4 is 0 Å². The summed E-state index contributed by atoms with van der Waals surface area (Å²) in [4.78, 5) is 12.4. The Bertz CT molecular complexity index is 561. The van der Waals surface area contributed by atoms with Gasteiger partial charge in [0.05, 0.1) is 0 Å². The number of benzene rings is 1. The minimum Gasteiger partial charge on any atom is -0.289 e. The van der Waals surface area contributed by atoms with Crippen molar-refractivity contribution in [1.29, 1.82) is 0 Å². The van der Waals surface area contributed by atoms with Crippen molar-refractivity contribution in [2.45, 2.75) is 20.8 Å². The summed E-state index contributed by atoms with van der Waals surface area (Å²) < 4.78 is 13.2. The molecule has 2 rings (SSSR count). The summed E-state index contributed by atoms with van der Waals surface area (Å²) in [5.41, 5.74) is 3.69. The Morgan fingerprint density at radius 3 is 2.12 bits per heavy atom. The van der Waals surface area contributed by atoms with Crippen LogP contribution in [-0.4, -0.2) is 5.78 Å². The van der Waals surface area contributed by atoms with E-state index < -0.39 is 0 Å². The lowest BCUT2D eigenvalue weighted by atomic mass is 9.94. The first-order chi connectivity index (χ1) is 8.00. The third-order valence-electron chi connectivity index (χ3n) is 2.82. The van der Waals surface area contributed by atoms with Crippen molar-refractivity contribution in [3.8, 4) is 0 Å². The SMILES string of the molecule is Cc1cscc1C(=O)c1c(C)cc(F)cc1C. The maximum atomic E-state index is 13.2. The number of ketones is 1. The van der Waals surface area contributed by atoms with E-state index in [0.29, 0.717) is 22.3 Å². The summed E-state index contributed by atoms with van der Waals surface area (Å²) >= 11 is 1.51. The lowest BCUT2D eigenvalue weighted by molar-refractivity contribution is 0.103. The standard InChI is InChI=1S/C14H13FOS/c1-8-4-11(15)5-9(2)13(8)14(16)12-7-17-6-10(12)3/h4-7H,1-3H3. The molecule has 0 aliphatic rings. The van der Waals surface area contributed by atoms with Gasteiger partial charge in [-0.2, -0.15) is 11.3 Å². The molecule has 0 unspecified atom stereocenters. The van der Waals surface area contributed by atoms with E-state index >= 15 is 0 Å². The van der Waals surface area contributed by atoms with E-state index in [0.717, 1.165) is 5.56 Å². The van der Waals surface area contributed by atoms with Crippen LogP contribution >= 0.6 is 11.3 Å². The minimum absolute atomic E-state index is 0.0150. The molecule has 0 atom stereocenters. The van der Waals surface area contributed by atoms with E-state index in [9.17, 15) is 9.18 Å². The first-order valence-electron chi connectivity index (χ1n) is 5.35. The van der Waals surface area contributed by atoms with Crippen LogP contribution in [0.15, 0.2) is 22.9 Å². The normalized spacial score (nSPS) is 10.6. The van der Waals surface area contributed by atoms with Gasteiger partial charge in [-0.1, -0.05) is 0 Å². The molecule has 1 aromatic heterocycles. The van der Waals surface area contributed by atoms with Gasteiger partial charge < -0.3 is 0 Å². The summed E-state index contributed by atoms with van der Waals surface area (Å²) in [6.07, 6.45) is 0. The third-order valence-corrected chi connectivity index (χ3v) is 3.69. The summed E-state index contributed by atoms with van der Waals surface area (Å²) in [6, 6.07) is 2.81. The second kappa shape index (κ2) is 4.41. The summed E-state index contributed by atoms with van der Waals surface area (Å²) in [5.74, 6) is -0.308. The maximum absolute atomic E-state index is 13.2. The van der Waals surface area contributed by atoms with E-state index in [1.165, 1.54) is 23.5 Å². The van der Waals surface area contributed by atoms with Crippen molar-refractivity contribution in [3.63, 3.8) is 0 Å². The number of rotatable bonds is 2. The van der Waals surface area contributed by atoms with Crippen LogP contribution in [0.1, 0.15) is 32.6 Å². The van der Waals surface area contributed by atoms with Gasteiger partial charge in [-0.3, -0.25) is 4.79 Å². The number of carbonyl (C=O) groups excluding carboxylic acids is 1. The van der Waals surface area contributed by atoms with Crippen molar-refractivity contribution >= 4 is 17.1 Å². The number of thiophene rings is 1. The third kappa shape index (κ3) is 2.15. The van der Waals surface area contributed by atoms with Crippen molar-refractivity contribution in [2.24, 2.45) is 0 Å². The molecule has 1 aromatic carbocycles. The van der Waals surface area contributed by atoms with Gasteiger partial charge in [0.15, 0.2) is 5.78 Å². The van der Waals surface area contributed by atoms with Gasteiger partial charge in [-0.05, 0) is 55.0 Å². The van der Waals surface area contributed by atoms with Crippen LogP contribution in [0.25, 0.3) is 0 Å². The van der Waals surface area contributed by atoms with Gasteiger partial charge in [-0.15, -0.1) is 0 Å². The molecule has 0 aliphatic heterocycles. The Kier molecular flexibility index (Phi) is 3.11. The predicted octanol–water partition coefficient (Wildman–Crippen LogP) is 4.04. The molecule has 0 aliphatic carbocycles. The fraction of sp³-hybridized carbons (Fsp3) is 0.214. The topological polar surface area (TPSA) is 17.1 Å². The second-order valence-electron chi connectivity index (χ2n) is 4.21. The summed E-state index contributed by atoms with van der Waals surface area (Å²) in [5, 5.41) is 3.79. The Labute approximate surface area is 104 Å². The van der Waals surface area contributed by atoms with E-state index in [1.807, 2.05) is 17.7 Å². The Hall–Kier alpha value is -1.48. The van der Waals surface area contributed by atoms with E-state index in [1.54, 1.807) is 13.8 Å². The predicted molar refractivity (Wildman–Crippen MR) is 68.4 cm³/mol. The minimum atomic E-state index is -0.293. The Morgan fingerprint density at radius 2 is 1.65 bits per heavy atom. The molecular weight excluding hydrogens is 235 g/mol. The number of aryl methyl sites for hydroxylation is 3. The highest BCUT2D eigenvalue weighted by Gasteiger charge is 2.17. The lowest BCUT2D eigenvalue weighted by Crippen LogP contribution is -2.07. The monoisotopic (exact) mass is 248 g/mol. The van der Waals surface area contributed by atoms with Crippen molar-refractivity contribution < 1.29 is 9.18 Å². The molecule has 0 radical (unpaired) electrons. The average molecular weight is 248 g/mol. The summed E-state index contributed by atoms with van der Waals surface area (Å²) in [6.45, 7) is 5.45. The molecule has 0 N–H and O–H groups in total. The molecule has 1 heterocycles. The van der Waals surface area contributed by atoms with Crippen LogP contribution in [0.4, 0.5) is 4.39 Å². The molecule has 88 valence electrons. The number of hydrogen-bond acceptors (Lipinski definition) is 2. The van der Waals surface area contributed by atoms with E-state index in [2.05, 4.69) is 0 Å². The maximum Gasteiger partial charge on any atom is 0.194 e. The second-order valence-corrected chi connectivity index (χ2v) is 4.96. The van der Waals surface area contributed by atoms with Gasteiger partial charge in [0, 0.05) is 16.5 Å². The highest BCUT2D eigenvalue weighted by molar-refractivity contribution is 7.08. The molecular formula is C14H13FOS.